The van der Waals surface area contributed by atoms with Gasteiger partial charge in [0.05, 0.1) is 11.0 Å². The van der Waals surface area contributed by atoms with Gasteiger partial charge >= 0.3 is 0 Å². The highest BCUT2D eigenvalue weighted by molar-refractivity contribution is 6.15. The number of rotatable bonds is 6. The Hall–Kier alpha value is -7.88. The molecule has 0 saturated carbocycles. The van der Waals surface area contributed by atoms with E-state index in [1.165, 1.54) is 54.7 Å². The van der Waals surface area contributed by atoms with Crippen LogP contribution in [-0.4, -0.2) is 4.57 Å². The highest BCUT2D eigenvalue weighted by Gasteiger charge is 2.19. The molecule has 10 aromatic carbocycles. The lowest BCUT2D eigenvalue weighted by Crippen LogP contribution is -2.10. The first-order valence-electron chi connectivity index (χ1n) is 20.2. The fraction of sp³-hybridized carbons (Fsp3) is 0. The van der Waals surface area contributed by atoms with Crippen LogP contribution < -0.4 is 4.90 Å². The van der Waals surface area contributed by atoms with E-state index >= 15 is 0 Å². The molecule has 0 unspecified atom stereocenters. The van der Waals surface area contributed by atoms with Gasteiger partial charge in [-0.2, -0.15) is 0 Å². The van der Waals surface area contributed by atoms with Crippen molar-refractivity contribution in [2.75, 3.05) is 4.90 Å². The zero-order valence-electron chi connectivity index (χ0n) is 32.1. The first kappa shape index (κ1) is 33.3. The maximum Gasteiger partial charge on any atom is 0.143 e. The van der Waals surface area contributed by atoms with Crippen molar-refractivity contribution < 1.29 is 4.42 Å². The summed E-state index contributed by atoms with van der Waals surface area (Å²) in [7, 11) is 0. The van der Waals surface area contributed by atoms with Gasteiger partial charge in [-0.3, -0.25) is 0 Å². The summed E-state index contributed by atoms with van der Waals surface area (Å²) in [6.07, 6.45) is 0. The van der Waals surface area contributed by atoms with Crippen molar-refractivity contribution in [2.45, 2.75) is 0 Å². The Labute approximate surface area is 341 Å². The van der Waals surface area contributed by atoms with Gasteiger partial charge in [-0.05, 0) is 105 Å². The summed E-state index contributed by atoms with van der Waals surface area (Å²) in [6.45, 7) is 0. The lowest BCUT2D eigenvalue weighted by Gasteiger charge is -2.26. The van der Waals surface area contributed by atoms with Crippen molar-refractivity contribution in [3.63, 3.8) is 0 Å². The second-order valence-electron chi connectivity index (χ2n) is 15.3. The summed E-state index contributed by atoms with van der Waals surface area (Å²) >= 11 is 0. The van der Waals surface area contributed by atoms with E-state index in [9.17, 15) is 0 Å². The second kappa shape index (κ2) is 13.4. The summed E-state index contributed by atoms with van der Waals surface area (Å²) in [5, 5.41) is 9.49. The molecule has 12 rings (SSSR count). The van der Waals surface area contributed by atoms with E-state index in [2.05, 4.69) is 228 Å². The van der Waals surface area contributed by atoms with E-state index in [1.807, 2.05) is 0 Å². The average Bonchev–Trinajstić information content (AvgIpc) is 3.85. The Morgan fingerprint density at radius 2 is 0.949 bits per heavy atom. The second-order valence-corrected chi connectivity index (χ2v) is 15.3. The Morgan fingerprint density at radius 3 is 1.76 bits per heavy atom. The van der Waals surface area contributed by atoms with Crippen molar-refractivity contribution in [3.05, 3.63) is 218 Å². The van der Waals surface area contributed by atoms with Crippen LogP contribution in [0.5, 0.6) is 0 Å². The summed E-state index contributed by atoms with van der Waals surface area (Å²) in [5.41, 5.74) is 13.2. The van der Waals surface area contributed by atoms with Crippen LogP contribution in [0.3, 0.4) is 0 Å². The highest BCUT2D eigenvalue weighted by Crippen LogP contribution is 2.42. The molecule has 3 heteroatoms. The van der Waals surface area contributed by atoms with Gasteiger partial charge in [0, 0.05) is 55.7 Å². The molecule has 0 fully saturated rings. The first-order chi connectivity index (χ1) is 29.2. The van der Waals surface area contributed by atoms with Crippen molar-refractivity contribution in [3.8, 4) is 27.9 Å². The number of hydrogen-bond donors (Lipinski definition) is 0. The number of nitrogens with zero attached hydrogens (tertiary/aromatic N) is 2. The maximum absolute atomic E-state index is 6.73. The van der Waals surface area contributed by atoms with Crippen molar-refractivity contribution in [1.29, 1.82) is 0 Å². The molecule has 0 aliphatic carbocycles. The number of benzene rings is 10. The summed E-state index contributed by atoms with van der Waals surface area (Å²) < 4.78 is 9.11. The summed E-state index contributed by atoms with van der Waals surface area (Å²) in [6, 6.07) is 78.7. The van der Waals surface area contributed by atoms with Gasteiger partial charge < -0.3 is 13.9 Å². The van der Waals surface area contributed by atoms with Crippen LogP contribution in [-0.2, 0) is 0 Å². The molecule has 59 heavy (non-hydrogen) atoms. The fourth-order valence-electron chi connectivity index (χ4n) is 9.18. The van der Waals surface area contributed by atoms with Crippen LogP contribution in [0, 0.1) is 0 Å². The number of anilines is 3. The molecule has 12 aromatic rings. The minimum atomic E-state index is 0.861. The first-order valence-corrected chi connectivity index (χ1v) is 20.2. The van der Waals surface area contributed by atoms with E-state index in [4.69, 9.17) is 4.42 Å². The van der Waals surface area contributed by atoms with E-state index < -0.39 is 0 Å². The van der Waals surface area contributed by atoms with Gasteiger partial charge in [-0.15, -0.1) is 0 Å². The third kappa shape index (κ3) is 5.44. The molecule has 276 valence electrons. The summed E-state index contributed by atoms with van der Waals surface area (Å²) in [4.78, 5) is 2.35. The van der Waals surface area contributed by atoms with Crippen LogP contribution >= 0.6 is 0 Å². The molecule has 0 spiro atoms. The normalized spacial score (nSPS) is 11.7. The zero-order chi connectivity index (χ0) is 38.9. The molecular formula is C56H36N2O. The molecule has 0 N–H and O–H groups in total. The van der Waals surface area contributed by atoms with E-state index in [-0.39, 0.29) is 0 Å². The molecule has 0 atom stereocenters. The van der Waals surface area contributed by atoms with Crippen LogP contribution in [0.25, 0.3) is 93.2 Å². The predicted octanol–water partition coefficient (Wildman–Crippen LogP) is 15.8. The number of para-hydroxylation sites is 2. The lowest BCUT2D eigenvalue weighted by molar-refractivity contribution is 0.672. The average molecular weight is 753 g/mol. The van der Waals surface area contributed by atoms with Crippen molar-refractivity contribution in [1.82, 2.24) is 4.57 Å². The SMILES string of the molecule is c1ccc(-c2cccc3ccc(-c4ccc(N(c5cccc(-n6c7ccccc7c7ccccc76)c5)c5ccc6c(c5)oc5c7ccccc7ccc65)cc4)cc23)cc1. The Balaban J connectivity index is 1.02. The quantitative estimate of drug-likeness (QED) is 0.169. The van der Waals surface area contributed by atoms with Crippen LogP contribution in [0.15, 0.2) is 223 Å². The zero-order valence-corrected chi connectivity index (χ0v) is 32.1. The third-order valence-corrected chi connectivity index (χ3v) is 12.0. The minimum absolute atomic E-state index is 0.861. The third-order valence-electron chi connectivity index (χ3n) is 12.0. The molecule has 0 amide bonds. The van der Waals surface area contributed by atoms with Crippen molar-refractivity contribution >= 4 is 82.4 Å². The monoisotopic (exact) mass is 752 g/mol. The van der Waals surface area contributed by atoms with Gasteiger partial charge in [0.1, 0.15) is 11.2 Å². The van der Waals surface area contributed by atoms with Gasteiger partial charge in [-0.1, -0.05) is 146 Å². The minimum Gasteiger partial charge on any atom is -0.455 e. The van der Waals surface area contributed by atoms with Crippen molar-refractivity contribution in [2.24, 2.45) is 0 Å². The van der Waals surface area contributed by atoms with E-state index in [0.29, 0.717) is 0 Å². The molecule has 0 aliphatic heterocycles. The van der Waals surface area contributed by atoms with Gasteiger partial charge in [0.25, 0.3) is 0 Å². The van der Waals surface area contributed by atoms with E-state index in [0.717, 1.165) is 55.6 Å². The molecule has 3 nitrogen and oxygen atoms in total. The largest absolute Gasteiger partial charge is 0.455 e. The number of fused-ring (bicyclic) bond motifs is 9. The summed E-state index contributed by atoms with van der Waals surface area (Å²) in [5.74, 6) is 0. The topological polar surface area (TPSA) is 21.3 Å². The molecule has 0 aliphatic rings. The smallest absolute Gasteiger partial charge is 0.143 e. The Bertz CT molecular complexity index is 3500. The Kier molecular flexibility index (Phi) is 7.54. The Morgan fingerprint density at radius 1 is 0.339 bits per heavy atom. The molecular weight excluding hydrogens is 717 g/mol. The lowest BCUT2D eigenvalue weighted by atomic mass is 9.95. The van der Waals surface area contributed by atoms with Crippen LogP contribution in [0.4, 0.5) is 17.1 Å². The number of hydrogen-bond acceptors (Lipinski definition) is 2. The molecule has 0 saturated heterocycles. The molecule has 0 radical (unpaired) electrons. The van der Waals surface area contributed by atoms with Gasteiger partial charge in [-0.25, -0.2) is 0 Å². The fourth-order valence-corrected chi connectivity index (χ4v) is 9.18. The number of aromatic nitrogens is 1. The van der Waals surface area contributed by atoms with E-state index in [1.54, 1.807) is 0 Å². The maximum atomic E-state index is 6.73. The number of furan rings is 1. The molecule has 0 bridgehead atoms. The van der Waals surface area contributed by atoms with Crippen LogP contribution in [0.2, 0.25) is 0 Å². The van der Waals surface area contributed by atoms with Crippen LogP contribution in [0.1, 0.15) is 0 Å². The highest BCUT2D eigenvalue weighted by atomic mass is 16.3. The van der Waals surface area contributed by atoms with Gasteiger partial charge in [0.2, 0.25) is 0 Å². The molecule has 2 aromatic heterocycles. The van der Waals surface area contributed by atoms with Gasteiger partial charge in [0.15, 0.2) is 0 Å². The molecule has 2 heterocycles. The standard InChI is InChI=1S/C56H36N2O/c1-2-12-38(13-3-1)46-21-10-15-40-24-25-41(34-52(40)46)37-26-29-42(30-27-37)57(45-31-33-50-51-32-28-39-14-4-5-18-47(39)56(51)59-55(50)36-45)43-16-11-17-44(35-43)58-53-22-8-6-19-48(53)49-20-7-9-23-54(49)58/h1-36H. The predicted molar refractivity (Wildman–Crippen MR) is 249 cm³/mol.